The Morgan fingerprint density at radius 1 is 1.39 bits per heavy atom. The van der Waals surface area contributed by atoms with Crippen LogP contribution in [0.4, 0.5) is 0 Å². The quantitative estimate of drug-likeness (QED) is 0.832. The first kappa shape index (κ1) is 12.2. The zero-order valence-corrected chi connectivity index (χ0v) is 11.1. The highest BCUT2D eigenvalue weighted by Gasteiger charge is 2.37. The number of ether oxygens (including phenoxy) is 1. The van der Waals surface area contributed by atoms with E-state index in [0.29, 0.717) is 24.8 Å². The molecule has 6 heteroatoms. The molecule has 0 amide bonds. The van der Waals surface area contributed by atoms with Crippen molar-refractivity contribution in [2.24, 2.45) is 0 Å². The summed E-state index contributed by atoms with van der Waals surface area (Å²) in [6.45, 7) is 2.32. The molecule has 2 atom stereocenters. The Kier molecular flexibility index (Phi) is 2.94. The molecule has 0 spiro atoms. The number of aromatic nitrogens is 1. The summed E-state index contributed by atoms with van der Waals surface area (Å²) in [5.41, 5.74) is 0. The third-order valence-corrected chi connectivity index (χ3v) is 5.83. The van der Waals surface area contributed by atoms with Crippen molar-refractivity contribution in [2.45, 2.75) is 49.2 Å². The van der Waals surface area contributed by atoms with Gasteiger partial charge >= 0.3 is 0 Å². The Balaban J connectivity index is 1.73. The van der Waals surface area contributed by atoms with Crippen LogP contribution in [0.5, 0.6) is 0 Å². The molecule has 2 heterocycles. The second kappa shape index (κ2) is 4.35. The molecule has 100 valence electrons. The third-order valence-electron chi connectivity index (χ3n) is 3.64. The standard InChI is InChI=1S/C12H17NO4S/c1-8-11(4-5-16-8)18(14,15)7-12-13-6-10(17-12)9-2-3-9/h6,8-9,11H,2-5,7H2,1H3. The fraction of sp³-hybridized carbons (Fsp3) is 0.750. The van der Waals surface area contributed by atoms with E-state index in [9.17, 15) is 8.42 Å². The minimum atomic E-state index is -3.24. The van der Waals surface area contributed by atoms with E-state index in [0.717, 1.165) is 18.6 Å². The monoisotopic (exact) mass is 271 g/mol. The van der Waals surface area contributed by atoms with Crippen molar-refractivity contribution in [3.8, 4) is 0 Å². The van der Waals surface area contributed by atoms with Crippen LogP contribution in [0.2, 0.25) is 0 Å². The van der Waals surface area contributed by atoms with E-state index in [2.05, 4.69) is 4.98 Å². The Labute approximate surface area is 106 Å². The lowest BCUT2D eigenvalue weighted by atomic mass is 10.3. The molecular formula is C12H17NO4S. The van der Waals surface area contributed by atoms with E-state index in [1.807, 2.05) is 0 Å². The summed E-state index contributed by atoms with van der Waals surface area (Å²) in [4.78, 5) is 4.07. The van der Waals surface area contributed by atoms with Gasteiger partial charge in [-0.05, 0) is 26.2 Å². The van der Waals surface area contributed by atoms with Gasteiger partial charge in [-0.2, -0.15) is 0 Å². The lowest BCUT2D eigenvalue weighted by molar-refractivity contribution is 0.126. The molecule has 1 aliphatic heterocycles. The van der Waals surface area contributed by atoms with Crippen molar-refractivity contribution >= 4 is 9.84 Å². The lowest BCUT2D eigenvalue weighted by Gasteiger charge is -2.13. The van der Waals surface area contributed by atoms with Gasteiger partial charge in [0.05, 0.1) is 17.6 Å². The summed E-state index contributed by atoms with van der Waals surface area (Å²) in [7, 11) is -3.24. The van der Waals surface area contributed by atoms with Gasteiger partial charge in [-0.25, -0.2) is 13.4 Å². The third kappa shape index (κ3) is 2.31. The van der Waals surface area contributed by atoms with Crippen LogP contribution in [-0.2, 0) is 20.3 Å². The molecule has 0 radical (unpaired) electrons. The predicted octanol–water partition coefficient (Wildman–Crippen LogP) is 1.64. The van der Waals surface area contributed by atoms with Crippen LogP contribution in [0.25, 0.3) is 0 Å². The highest BCUT2D eigenvalue weighted by Crippen LogP contribution is 2.40. The van der Waals surface area contributed by atoms with Gasteiger partial charge in [0.15, 0.2) is 9.84 Å². The Morgan fingerprint density at radius 3 is 2.78 bits per heavy atom. The average molecular weight is 271 g/mol. The van der Waals surface area contributed by atoms with Crippen LogP contribution in [0.3, 0.4) is 0 Å². The number of oxazole rings is 1. The number of nitrogens with zero attached hydrogens (tertiary/aromatic N) is 1. The van der Waals surface area contributed by atoms with Crippen LogP contribution in [0, 0.1) is 0 Å². The van der Waals surface area contributed by atoms with Crippen molar-refractivity contribution in [1.29, 1.82) is 0 Å². The largest absolute Gasteiger partial charge is 0.444 e. The van der Waals surface area contributed by atoms with Gasteiger partial charge in [0, 0.05) is 12.5 Å². The van der Waals surface area contributed by atoms with E-state index >= 15 is 0 Å². The molecule has 1 saturated carbocycles. The molecule has 0 N–H and O–H groups in total. The smallest absolute Gasteiger partial charge is 0.209 e. The van der Waals surface area contributed by atoms with Gasteiger partial charge in [0.1, 0.15) is 11.5 Å². The zero-order valence-electron chi connectivity index (χ0n) is 10.3. The molecule has 0 bridgehead atoms. The maximum atomic E-state index is 12.2. The van der Waals surface area contributed by atoms with Crippen LogP contribution >= 0.6 is 0 Å². The van der Waals surface area contributed by atoms with E-state index < -0.39 is 15.1 Å². The van der Waals surface area contributed by atoms with E-state index in [1.54, 1.807) is 13.1 Å². The second-order valence-electron chi connectivity index (χ2n) is 5.14. The topological polar surface area (TPSA) is 69.4 Å². The summed E-state index contributed by atoms with van der Waals surface area (Å²) >= 11 is 0. The molecule has 3 rings (SSSR count). The molecule has 1 aromatic rings. The van der Waals surface area contributed by atoms with Crippen molar-refractivity contribution in [3.05, 3.63) is 17.8 Å². The van der Waals surface area contributed by atoms with Gasteiger partial charge in [-0.15, -0.1) is 0 Å². The molecule has 0 aromatic carbocycles. The summed E-state index contributed by atoms with van der Waals surface area (Å²) < 4.78 is 35.3. The Hall–Kier alpha value is -0.880. The van der Waals surface area contributed by atoms with E-state index in [1.165, 1.54) is 0 Å². The Morgan fingerprint density at radius 2 is 2.17 bits per heavy atom. The lowest BCUT2D eigenvalue weighted by Crippen LogP contribution is -2.29. The van der Waals surface area contributed by atoms with Gasteiger partial charge in [-0.1, -0.05) is 0 Å². The van der Waals surface area contributed by atoms with Crippen molar-refractivity contribution in [1.82, 2.24) is 4.98 Å². The molecule has 2 fully saturated rings. The normalized spacial score (nSPS) is 28.7. The first-order valence-electron chi connectivity index (χ1n) is 6.34. The molecule has 2 aliphatic rings. The van der Waals surface area contributed by atoms with Crippen LogP contribution < -0.4 is 0 Å². The van der Waals surface area contributed by atoms with Gasteiger partial charge < -0.3 is 9.15 Å². The molecular weight excluding hydrogens is 254 g/mol. The maximum absolute atomic E-state index is 12.2. The summed E-state index contributed by atoms with van der Waals surface area (Å²) in [5, 5.41) is -0.422. The molecule has 1 aromatic heterocycles. The predicted molar refractivity (Wildman–Crippen MR) is 64.9 cm³/mol. The number of rotatable bonds is 4. The average Bonchev–Trinajstić information content (AvgIpc) is 2.90. The van der Waals surface area contributed by atoms with E-state index in [-0.39, 0.29) is 11.9 Å². The molecule has 18 heavy (non-hydrogen) atoms. The first-order valence-corrected chi connectivity index (χ1v) is 8.05. The van der Waals surface area contributed by atoms with Crippen molar-refractivity contribution < 1.29 is 17.6 Å². The fourth-order valence-corrected chi connectivity index (χ4v) is 4.22. The minimum absolute atomic E-state index is 0.113. The number of hydrogen-bond acceptors (Lipinski definition) is 5. The summed E-state index contributed by atoms with van der Waals surface area (Å²) in [6.07, 6.45) is 4.24. The van der Waals surface area contributed by atoms with Gasteiger partial charge in [0.25, 0.3) is 0 Å². The minimum Gasteiger partial charge on any atom is -0.444 e. The molecule has 2 unspecified atom stereocenters. The van der Waals surface area contributed by atoms with Crippen LogP contribution in [0.1, 0.15) is 43.8 Å². The van der Waals surface area contributed by atoms with Crippen molar-refractivity contribution in [2.75, 3.05) is 6.61 Å². The van der Waals surface area contributed by atoms with Crippen LogP contribution in [-0.4, -0.2) is 31.4 Å². The van der Waals surface area contributed by atoms with Crippen LogP contribution in [0.15, 0.2) is 10.6 Å². The number of hydrogen-bond donors (Lipinski definition) is 0. The molecule has 5 nitrogen and oxygen atoms in total. The molecule has 1 aliphatic carbocycles. The zero-order chi connectivity index (χ0) is 12.8. The Bertz CT molecular complexity index is 532. The summed E-state index contributed by atoms with van der Waals surface area (Å²) in [6, 6.07) is 0. The fourth-order valence-electron chi connectivity index (χ4n) is 2.41. The van der Waals surface area contributed by atoms with Gasteiger partial charge in [0.2, 0.25) is 5.89 Å². The second-order valence-corrected chi connectivity index (χ2v) is 7.36. The molecule has 1 saturated heterocycles. The summed E-state index contributed by atoms with van der Waals surface area (Å²) in [5.74, 6) is 1.49. The highest BCUT2D eigenvalue weighted by molar-refractivity contribution is 7.91. The maximum Gasteiger partial charge on any atom is 0.209 e. The van der Waals surface area contributed by atoms with Gasteiger partial charge in [-0.3, -0.25) is 0 Å². The first-order chi connectivity index (χ1) is 8.56. The highest BCUT2D eigenvalue weighted by atomic mass is 32.2. The van der Waals surface area contributed by atoms with E-state index in [4.69, 9.17) is 9.15 Å². The number of sulfone groups is 1. The van der Waals surface area contributed by atoms with Crippen molar-refractivity contribution in [3.63, 3.8) is 0 Å². The SMILES string of the molecule is CC1OCCC1S(=O)(=O)Cc1ncc(C2CC2)o1.